The number of benzene rings is 3. The van der Waals surface area contributed by atoms with Gasteiger partial charge in [0, 0.05) is 41.7 Å². The first kappa shape index (κ1) is 28.4. The van der Waals surface area contributed by atoms with Crippen molar-refractivity contribution in [2.45, 2.75) is 70.2 Å². The number of nitrogens with zero attached hydrogens (tertiary/aromatic N) is 4. The second-order valence-electron chi connectivity index (χ2n) is 13.3. The van der Waals surface area contributed by atoms with E-state index in [1.807, 2.05) is 24.3 Å². The van der Waals surface area contributed by atoms with Crippen molar-refractivity contribution in [2.24, 2.45) is 5.92 Å². The predicted molar refractivity (Wildman–Crippen MR) is 173 cm³/mol. The number of aryl methyl sites for hydroxylation is 2. The van der Waals surface area contributed by atoms with Gasteiger partial charge in [-0.05, 0) is 105 Å². The zero-order chi connectivity index (χ0) is 31.0. The van der Waals surface area contributed by atoms with Crippen LogP contribution in [0.3, 0.4) is 0 Å². The molecule has 1 saturated carbocycles. The minimum Gasteiger partial charge on any atom is -0.472 e. The zero-order valence-electron chi connectivity index (χ0n) is 25.9. The molecule has 1 unspecified atom stereocenters. The van der Waals surface area contributed by atoms with Crippen LogP contribution in [0.5, 0.6) is 5.88 Å². The standard InChI is InChI=1S/C37H37F2N5O/c1-20-15-29-36(44(20)35-24-17-30(35)41-19-24)28-16-23(8-5-13-40)32(26-9-4-7-22-11-12-25(38)18-27(22)26)33(39)34(28)42-37(29)45-21(2)31-10-6-14-43(31)3/h4,7,9,11-12,15-16,18,21,24,30-31,35,41H,5-6,8,10,14,17,19H2,1-3H3/t21?,24-,30-,31+,35+/m1/s1. The van der Waals surface area contributed by atoms with E-state index in [0.717, 1.165) is 65.3 Å². The molecule has 5 heterocycles. The van der Waals surface area contributed by atoms with Gasteiger partial charge >= 0.3 is 0 Å². The van der Waals surface area contributed by atoms with Crippen molar-refractivity contribution in [3.8, 4) is 23.1 Å². The van der Waals surface area contributed by atoms with E-state index in [1.54, 1.807) is 6.07 Å². The van der Waals surface area contributed by atoms with Crippen molar-refractivity contribution in [3.63, 3.8) is 0 Å². The molecule has 2 aromatic heterocycles. The Balaban J connectivity index is 1.41. The monoisotopic (exact) mass is 605 g/mol. The number of rotatable bonds is 7. The third-order valence-corrected chi connectivity index (χ3v) is 10.7. The highest BCUT2D eigenvalue weighted by Crippen LogP contribution is 2.49. The van der Waals surface area contributed by atoms with E-state index >= 15 is 4.39 Å². The summed E-state index contributed by atoms with van der Waals surface area (Å²) in [7, 11) is 2.13. The van der Waals surface area contributed by atoms with E-state index in [9.17, 15) is 9.65 Å². The normalized spacial score (nSPS) is 23.6. The van der Waals surface area contributed by atoms with Crippen LogP contribution < -0.4 is 10.1 Å². The average Bonchev–Trinajstić information content (AvgIpc) is 3.82. The molecule has 9 rings (SSSR count). The van der Waals surface area contributed by atoms with Gasteiger partial charge in [-0.15, -0.1) is 0 Å². The highest BCUT2D eigenvalue weighted by atomic mass is 19.1. The Morgan fingerprint density at radius 3 is 2.73 bits per heavy atom. The largest absolute Gasteiger partial charge is 0.472 e. The topological polar surface area (TPSA) is 66.1 Å². The number of hydrogen-bond donors (Lipinski definition) is 1. The molecule has 0 spiro atoms. The lowest BCUT2D eigenvalue weighted by molar-refractivity contribution is 0.119. The van der Waals surface area contributed by atoms with Crippen LogP contribution >= 0.6 is 0 Å². The summed E-state index contributed by atoms with van der Waals surface area (Å²) in [6, 6.07) is 17.5. The maximum absolute atomic E-state index is 17.4. The Morgan fingerprint density at radius 1 is 1.13 bits per heavy atom. The number of nitriles is 1. The molecule has 3 saturated heterocycles. The van der Waals surface area contributed by atoms with Crippen molar-refractivity contribution < 1.29 is 13.5 Å². The fraction of sp³-hybridized carbons (Fsp3) is 0.405. The van der Waals surface area contributed by atoms with Crippen molar-refractivity contribution in [2.75, 3.05) is 20.1 Å². The molecule has 6 nitrogen and oxygen atoms in total. The van der Waals surface area contributed by atoms with E-state index < -0.39 is 5.82 Å². The van der Waals surface area contributed by atoms with Crippen molar-refractivity contribution in [3.05, 3.63) is 71.4 Å². The number of halogens is 2. The van der Waals surface area contributed by atoms with Gasteiger partial charge in [0.05, 0.1) is 23.0 Å². The summed E-state index contributed by atoms with van der Waals surface area (Å²) in [6.45, 7) is 6.21. The first-order valence-electron chi connectivity index (χ1n) is 16.2. The quantitative estimate of drug-likeness (QED) is 0.209. The number of ether oxygens (including phenoxy) is 1. The molecule has 2 bridgehead atoms. The van der Waals surface area contributed by atoms with Gasteiger partial charge in [-0.3, -0.25) is 4.90 Å². The van der Waals surface area contributed by atoms with E-state index in [2.05, 4.69) is 47.8 Å². The molecule has 1 aliphatic carbocycles. The minimum atomic E-state index is -0.463. The highest BCUT2D eigenvalue weighted by Gasteiger charge is 2.48. The third-order valence-electron chi connectivity index (χ3n) is 10.7. The number of nitrogens with one attached hydrogen (secondary N) is 1. The lowest BCUT2D eigenvalue weighted by Crippen LogP contribution is -2.39. The number of aromatic nitrogens is 2. The van der Waals surface area contributed by atoms with Crippen LogP contribution in [0, 0.1) is 35.8 Å². The van der Waals surface area contributed by atoms with Crippen LogP contribution in [0.4, 0.5) is 8.78 Å². The van der Waals surface area contributed by atoms with Crippen LogP contribution in [0.1, 0.15) is 49.9 Å². The Labute approximate surface area is 261 Å². The minimum absolute atomic E-state index is 0.130. The summed E-state index contributed by atoms with van der Waals surface area (Å²) in [5, 5.41) is 16.3. The van der Waals surface area contributed by atoms with Gasteiger partial charge in [0.25, 0.3) is 0 Å². The SMILES string of the molecule is Cc1cc2c(OC(C)[C@@H]3CCCN3C)nc3c(F)c(-c4cccc5ccc(F)cc45)c(CCC#N)cc3c2n1[C@H]1[C@H]2CN[C@@H]1C2. The second-order valence-corrected chi connectivity index (χ2v) is 13.3. The Bertz CT molecular complexity index is 2020. The second kappa shape index (κ2) is 10.8. The Hall–Kier alpha value is -4.06. The lowest BCUT2D eigenvalue weighted by Gasteiger charge is -2.37. The predicted octanol–water partition coefficient (Wildman–Crippen LogP) is 7.45. The average molecular weight is 606 g/mol. The third kappa shape index (κ3) is 4.43. The Kier molecular flexibility index (Phi) is 6.81. The highest BCUT2D eigenvalue weighted by molar-refractivity contribution is 6.09. The molecule has 0 amide bonds. The summed E-state index contributed by atoms with van der Waals surface area (Å²) < 4.78 is 41.0. The van der Waals surface area contributed by atoms with E-state index in [1.165, 1.54) is 12.1 Å². The van der Waals surface area contributed by atoms with Crippen LogP contribution in [-0.2, 0) is 6.42 Å². The fourth-order valence-electron chi connectivity index (χ4n) is 8.47. The van der Waals surface area contributed by atoms with Gasteiger partial charge in [0.15, 0.2) is 5.82 Å². The van der Waals surface area contributed by atoms with E-state index in [-0.39, 0.29) is 35.9 Å². The van der Waals surface area contributed by atoms with Gasteiger partial charge < -0.3 is 14.6 Å². The summed E-state index contributed by atoms with van der Waals surface area (Å²) in [5.41, 5.74) is 3.97. The van der Waals surface area contributed by atoms with E-state index in [4.69, 9.17) is 9.72 Å². The van der Waals surface area contributed by atoms with Crippen molar-refractivity contribution in [1.29, 1.82) is 5.26 Å². The molecule has 8 heteroatoms. The number of pyridine rings is 1. The van der Waals surface area contributed by atoms with Gasteiger partial charge in [0.1, 0.15) is 17.4 Å². The van der Waals surface area contributed by atoms with Gasteiger partial charge in [-0.25, -0.2) is 13.8 Å². The molecule has 3 aromatic carbocycles. The summed E-state index contributed by atoms with van der Waals surface area (Å²) in [4.78, 5) is 7.30. The maximum atomic E-state index is 17.4. The molecule has 4 aliphatic rings. The molecule has 1 N–H and O–H groups in total. The molecule has 4 fully saturated rings. The molecule has 45 heavy (non-hydrogen) atoms. The first-order valence-corrected chi connectivity index (χ1v) is 16.2. The number of likely N-dealkylation sites (N-methyl/N-ethyl adjacent to an activating group) is 1. The fourth-order valence-corrected chi connectivity index (χ4v) is 8.47. The number of hydrogen-bond acceptors (Lipinski definition) is 5. The van der Waals surface area contributed by atoms with E-state index in [0.29, 0.717) is 40.8 Å². The molecule has 5 atom stereocenters. The summed E-state index contributed by atoms with van der Waals surface area (Å²) in [6.07, 6.45) is 3.78. The molecule has 5 aromatic rings. The molecular formula is C37H37F2N5O. The molecular weight excluding hydrogens is 568 g/mol. The summed E-state index contributed by atoms with van der Waals surface area (Å²) >= 11 is 0. The van der Waals surface area contributed by atoms with Crippen LogP contribution in [0.2, 0.25) is 0 Å². The van der Waals surface area contributed by atoms with Crippen molar-refractivity contribution >= 4 is 32.6 Å². The van der Waals surface area contributed by atoms with Gasteiger partial charge in [0.2, 0.25) is 5.88 Å². The van der Waals surface area contributed by atoms with Crippen LogP contribution in [0.25, 0.3) is 43.7 Å². The lowest BCUT2D eigenvalue weighted by atomic mass is 9.79. The zero-order valence-corrected chi connectivity index (χ0v) is 25.9. The molecule has 3 aliphatic heterocycles. The number of likely N-dealkylation sites (tertiary alicyclic amines) is 1. The Morgan fingerprint density at radius 2 is 2.00 bits per heavy atom. The number of fused-ring (bicyclic) bond motifs is 5. The van der Waals surface area contributed by atoms with Crippen LogP contribution in [0.15, 0.2) is 48.5 Å². The van der Waals surface area contributed by atoms with Crippen molar-refractivity contribution in [1.82, 2.24) is 19.8 Å². The maximum Gasteiger partial charge on any atom is 0.223 e. The van der Waals surface area contributed by atoms with Crippen LogP contribution in [-0.4, -0.2) is 52.8 Å². The molecule has 230 valence electrons. The van der Waals surface area contributed by atoms with Gasteiger partial charge in [-0.2, -0.15) is 5.26 Å². The smallest absolute Gasteiger partial charge is 0.223 e. The molecule has 0 radical (unpaired) electrons. The first-order chi connectivity index (χ1) is 21.8. The summed E-state index contributed by atoms with van der Waals surface area (Å²) in [5.74, 6) is 0.129. The van der Waals surface area contributed by atoms with Gasteiger partial charge in [-0.1, -0.05) is 24.3 Å².